The van der Waals surface area contributed by atoms with E-state index < -0.39 is 0 Å². The highest BCUT2D eigenvalue weighted by Crippen LogP contribution is 2.27. The minimum Gasteiger partial charge on any atom is -0.405 e. The van der Waals surface area contributed by atoms with E-state index in [0.717, 1.165) is 11.4 Å². The van der Waals surface area contributed by atoms with Gasteiger partial charge in [0, 0.05) is 6.04 Å². The van der Waals surface area contributed by atoms with Gasteiger partial charge < -0.3 is 11.1 Å². The Bertz CT molecular complexity index is 445. The summed E-state index contributed by atoms with van der Waals surface area (Å²) >= 11 is 0. The van der Waals surface area contributed by atoms with Gasteiger partial charge in [0.1, 0.15) is 0 Å². The molecular formula is C19H29N3. The predicted octanol–water partition coefficient (Wildman–Crippen LogP) is 3.88. The molecule has 0 bridgehead atoms. The number of hydrogen-bond acceptors (Lipinski definition) is 3. The summed E-state index contributed by atoms with van der Waals surface area (Å²) in [6.07, 6.45) is 15.1. The van der Waals surface area contributed by atoms with Gasteiger partial charge in [0.05, 0.1) is 17.5 Å². The van der Waals surface area contributed by atoms with E-state index in [0.29, 0.717) is 5.92 Å². The molecule has 0 aromatic carbocycles. The summed E-state index contributed by atoms with van der Waals surface area (Å²) in [5.41, 5.74) is 7.00. The molecular weight excluding hydrogens is 270 g/mol. The molecule has 1 unspecified atom stereocenters. The molecule has 3 N–H and O–H groups in total. The van der Waals surface area contributed by atoms with Crippen molar-refractivity contribution in [3.63, 3.8) is 0 Å². The third-order valence-corrected chi connectivity index (χ3v) is 4.09. The number of nitrogens with zero attached hydrogens (tertiary/aromatic N) is 1. The van der Waals surface area contributed by atoms with Gasteiger partial charge in [0.2, 0.25) is 0 Å². The molecule has 0 aromatic heterocycles. The Morgan fingerprint density at radius 2 is 1.73 bits per heavy atom. The summed E-state index contributed by atoms with van der Waals surface area (Å²) in [6.45, 7) is 15.6. The summed E-state index contributed by atoms with van der Waals surface area (Å²) < 4.78 is 0. The summed E-state index contributed by atoms with van der Waals surface area (Å²) in [7, 11) is 0. The van der Waals surface area contributed by atoms with Crippen LogP contribution in [0.3, 0.4) is 0 Å². The van der Waals surface area contributed by atoms with Gasteiger partial charge >= 0.3 is 0 Å². The van der Waals surface area contributed by atoms with E-state index in [1.807, 2.05) is 6.08 Å². The zero-order valence-electron chi connectivity index (χ0n) is 13.5. The highest BCUT2D eigenvalue weighted by molar-refractivity contribution is 6.07. The maximum atomic E-state index is 5.53. The lowest BCUT2D eigenvalue weighted by molar-refractivity contribution is 0.313. The Morgan fingerprint density at radius 1 is 1.09 bits per heavy atom. The average molecular weight is 299 g/mol. The van der Waals surface area contributed by atoms with Gasteiger partial charge in [0.15, 0.2) is 0 Å². The SMILES string of the molecule is C=CC(C=C)N=C(/C=C\N)C(=C)NC(C=C)C1CCCCC1. The van der Waals surface area contributed by atoms with Crippen LogP contribution in [0, 0.1) is 5.92 Å². The van der Waals surface area contributed by atoms with Crippen molar-refractivity contribution in [1.29, 1.82) is 0 Å². The van der Waals surface area contributed by atoms with Crippen LogP contribution in [0.15, 0.2) is 67.5 Å². The molecule has 22 heavy (non-hydrogen) atoms. The van der Waals surface area contributed by atoms with Crippen molar-refractivity contribution >= 4 is 5.71 Å². The Hall–Kier alpha value is -2.03. The van der Waals surface area contributed by atoms with Gasteiger partial charge in [-0.25, -0.2) is 0 Å². The summed E-state index contributed by atoms with van der Waals surface area (Å²) in [4.78, 5) is 4.55. The van der Waals surface area contributed by atoms with Crippen LogP contribution in [0.4, 0.5) is 0 Å². The summed E-state index contributed by atoms with van der Waals surface area (Å²) in [5.74, 6) is 0.612. The Balaban J connectivity index is 2.82. The van der Waals surface area contributed by atoms with Crippen molar-refractivity contribution in [3.05, 3.63) is 62.5 Å². The lowest BCUT2D eigenvalue weighted by Gasteiger charge is -2.30. The first-order chi connectivity index (χ1) is 10.7. The third-order valence-electron chi connectivity index (χ3n) is 4.09. The van der Waals surface area contributed by atoms with Crippen molar-refractivity contribution in [2.24, 2.45) is 16.6 Å². The van der Waals surface area contributed by atoms with Crippen LogP contribution in [-0.2, 0) is 0 Å². The first-order valence-corrected chi connectivity index (χ1v) is 7.95. The quantitative estimate of drug-likeness (QED) is 0.501. The summed E-state index contributed by atoms with van der Waals surface area (Å²) in [6, 6.07) is 0.0664. The van der Waals surface area contributed by atoms with Gasteiger partial charge in [-0.2, -0.15) is 0 Å². The largest absolute Gasteiger partial charge is 0.405 e. The molecule has 0 saturated heterocycles. The topological polar surface area (TPSA) is 50.4 Å². The van der Waals surface area contributed by atoms with Crippen molar-refractivity contribution in [1.82, 2.24) is 5.32 Å². The third kappa shape index (κ3) is 5.40. The Labute approximate surface area is 135 Å². The second-order valence-electron chi connectivity index (χ2n) is 5.62. The molecule has 3 heteroatoms. The molecule has 0 amide bonds. The van der Waals surface area contributed by atoms with Gasteiger partial charge in [-0.05, 0) is 31.0 Å². The number of hydrogen-bond donors (Lipinski definition) is 2. The molecule has 0 spiro atoms. The standard InChI is InChI=1S/C19H29N3/c1-5-17(6-2)22-19(13-14-20)15(4)21-18(7-3)16-11-9-8-10-12-16/h5-7,13-14,16-18,21H,1-4,8-12,20H2/b14-13-,22-19?. The van der Waals surface area contributed by atoms with Crippen molar-refractivity contribution < 1.29 is 0 Å². The number of aliphatic imine (C=N–C) groups is 1. The molecule has 0 radical (unpaired) electrons. The molecule has 3 nitrogen and oxygen atoms in total. The highest BCUT2D eigenvalue weighted by atomic mass is 15.0. The minimum absolute atomic E-state index is 0.151. The van der Waals surface area contributed by atoms with E-state index in [9.17, 15) is 0 Å². The van der Waals surface area contributed by atoms with Crippen molar-refractivity contribution in [2.45, 2.75) is 44.2 Å². The van der Waals surface area contributed by atoms with E-state index in [-0.39, 0.29) is 12.1 Å². The predicted molar refractivity (Wildman–Crippen MR) is 97.8 cm³/mol. The molecule has 1 rings (SSSR count). The fourth-order valence-corrected chi connectivity index (χ4v) is 2.81. The number of nitrogens with two attached hydrogens (primary N) is 1. The molecule has 0 aromatic rings. The van der Waals surface area contributed by atoms with Gasteiger partial charge in [-0.1, -0.05) is 44.1 Å². The van der Waals surface area contributed by atoms with E-state index in [1.165, 1.54) is 38.3 Å². The molecule has 0 heterocycles. The van der Waals surface area contributed by atoms with Gasteiger partial charge in [0.25, 0.3) is 0 Å². The maximum absolute atomic E-state index is 5.53. The molecule has 1 aliphatic rings. The van der Waals surface area contributed by atoms with E-state index in [1.54, 1.807) is 18.2 Å². The molecule has 1 fully saturated rings. The lowest BCUT2D eigenvalue weighted by Crippen LogP contribution is -2.36. The summed E-state index contributed by atoms with van der Waals surface area (Å²) in [5, 5.41) is 3.46. The van der Waals surface area contributed by atoms with Crippen LogP contribution in [0.25, 0.3) is 0 Å². The number of allylic oxidation sites excluding steroid dienone is 1. The fourth-order valence-electron chi connectivity index (χ4n) is 2.81. The lowest BCUT2D eigenvalue weighted by atomic mass is 9.84. The van der Waals surface area contributed by atoms with Gasteiger partial charge in [-0.3, -0.25) is 4.99 Å². The fraction of sp³-hybridized carbons (Fsp3) is 0.421. The van der Waals surface area contributed by atoms with Crippen LogP contribution < -0.4 is 11.1 Å². The van der Waals surface area contributed by atoms with Crippen LogP contribution in [0.1, 0.15) is 32.1 Å². The average Bonchev–Trinajstić information content (AvgIpc) is 2.57. The molecule has 1 aliphatic carbocycles. The molecule has 1 saturated carbocycles. The van der Waals surface area contributed by atoms with E-state index in [4.69, 9.17) is 5.73 Å². The maximum Gasteiger partial charge on any atom is 0.0864 e. The van der Waals surface area contributed by atoms with Crippen molar-refractivity contribution in [3.8, 4) is 0 Å². The highest BCUT2D eigenvalue weighted by Gasteiger charge is 2.22. The van der Waals surface area contributed by atoms with Crippen molar-refractivity contribution in [2.75, 3.05) is 0 Å². The Morgan fingerprint density at radius 3 is 2.23 bits per heavy atom. The smallest absolute Gasteiger partial charge is 0.0864 e. The van der Waals surface area contributed by atoms with Crippen LogP contribution in [-0.4, -0.2) is 17.8 Å². The van der Waals surface area contributed by atoms with E-state index >= 15 is 0 Å². The van der Waals surface area contributed by atoms with Crippen LogP contribution in [0.5, 0.6) is 0 Å². The van der Waals surface area contributed by atoms with E-state index in [2.05, 4.69) is 36.6 Å². The first-order valence-electron chi connectivity index (χ1n) is 7.95. The second kappa shape index (κ2) is 9.82. The van der Waals surface area contributed by atoms with Crippen LogP contribution >= 0.6 is 0 Å². The zero-order chi connectivity index (χ0) is 16.4. The van der Waals surface area contributed by atoms with Crippen LogP contribution in [0.2, 0.25) is 0 Å². The monoisotopic (exact) mass is 299 g/mol. The Kier molecular flexibility index (Phi) is 8.05. The normalized spacial score (nSPS) is 18.1. The molecule has 120 valence electrons. The number of rotatable bonds is 9. The van der Waals surface area contributed by atoms with Gasteiger partial charge in [-0.15, -0.1) is 19.7 Å². The first kappa shape index (κ1) is 18.0. The zero-order valence-corrected chi connectivity index (χ0v) is 13.5. The molecule has 1 atom stereocenters. The second-order valence-corrected chi connectivity index (χ2v) is 5.62. The minimum atomic E-state index is -0.151. The number of nitrogens with one attached hydrogen (secondary N) is 1. The molecule has 0 aliphatic heterocycles.